The molecule has 1 fully saturated rings. The Morgan fingerprint density at radius 1 is 1.24 bits per heavy atom. The van der Waals surface area contributed by atoms with Crippen LogP contribution in [0.5, 0.6) is 0 Å². The fourth-order valence-corrected chi connectivity index (χ4v) is 6.59. The molecule has 0 N–H and O–H groups in total. The van der Waals surface area contributed by atoms with Gasteiger partial charge in [-0.2, -0.15) is 4.31 Å². The van der Waals surface area contributed by atoms with Gasteiger partial charge in [0.1, 0.15) is 5.82 Å². The summed E-state index contributed by atoms with van der Waals surface area (Å²) in [5.74, 6) is 1.65. The van der Waals surface area contributed by atoms with Crippen molar-refractivity contribution in [1.82, 2.24) is 18.8 Å². The van der Waals surface area contributed by atoms with E-state index in [-0.39, 0.29) is 0 Å². The van der Waals surface area contributed by atoms with Crippen LogP contribution in [-0.4, -0.2) is 53.6 Å². The second-order valence-corrected chi connectivity index (χ2v) is 10.9. The Balaban J connectivity index is 1.65. The van der Waals surface area contributed by atoms with Gasteiger partial charge in [0.2, 0.25) is 10.0 Å². The average molecular weight is 453 g/mol. The van der Waals surface area contributed by atoms with Gasteiger partial charge >= 0.3 is 0 Å². The van der Waals surface area contributed by atoms with Crippen molar-refractivity contribution in [1.29, 1.82) is 0 Å². The molecule has 29 heavy (non-hydrogen) atoms. The van der Waals surface area contributed by atoms with Crippen molar-refractivity contribution in [2.24, 2.45) is 0 Å². The number of thioether (sulfide) groups is 1. The first-order chi connectivity index (χ1) is 14.0. The summed E-state index contributed by atoms with van der Waals surface area (Å²) in [6.45, 7) is 6.61. The maximum atomic E-state index is 13.0. The molecule has 0 atom stereocenters. The van der Waals surface area contributed by atoms with E-state index in [0.717, 1.165) is 39.9 Å². The molecule has 0 spiro atoms. The number of aromatic nitrogens is 3. The molecule has 0 bridgehead atoms. The first-order valence-electron chi connectivity index (χ1n) is 9.61. The lowest BCUT2D eigenvalue weighted by Crippen LogP contribution is -2.40. The van der Waals surface area contributed by atoms with Gasteiger partial charge in [0.15, 0.2) is 4.34 Å². The van der Waals surface area contributed by atoms with Gasteiger partial charge in [0.25, 0.3) is 0 Å². The number of rotatable bonds is 7. The Bertz CT molecular complexity index is 1100. The number of hydrogen-bond donors (Lipinski definition) is 0. The molecule has 7 nitrogen and oxygen atoms in total. The van der Waals surface area contributed by atoms with Gasteiger partial charge in [-0.25, -0.2) is 18.4 Å². The van der Waals surface area contributed by atoms with Crippen LogP contribution in [-0.2, 0) is 27.1 Å². The summed E-state index contributed by atoms with van der Waals surface area (Å²) in [6, 6.07) is 5.28. The van der Waals surface area contributed by atoms with Crippen LogP contribution in [0.4, 0.5) is 0 Å². The van der Waals surface area contributed by atoms with Gasteiger partial charge in [0.05, 0.1) is 34.9 Å². The summed E-state index contributed by atoms with van der Waals surface area (Å²) < 4.78 is 36.0. The zero-order valence-electron chi connectivity index (χ0n) is 16.5. The zero-order valence-corrected chi connectivity index (χ0v) is 18.9. The zero-order chi connectivity index (χ0) is 20.4. The van der Waals surface area contributed by atoms with E-state index in [1.165, 1.54) is 4.31 Å². The molecular weight excluding hydrogens is 428 g/mol. The summed E-state index contributed by atoms with van der Waals surface area (Å²) in [5, 5.41) is 2.04. The van der Waals surface area contributed by atoms with Crippen LogP contribution in [0.15, 0.2) is 32.8 Å². The predicted octanol–water partition coefficient (Wildman–Crippen LogP) is 3.52. The maximum Gasteiger partial charge on any atom is 0.243 e. The summed E-state index contributed by atoms with van der Waals surface area (Å²) in [4.78, 5) is 9.58. The van der Waals surface area contributed by atoms with Crippen molar-refractivity contribution in [3.05, 3.63) is 35.1 Å². The standard InChI is InChI=1S/C19H24N4O3S3/c1-3-6-23-17-5-4-15(29(24,25)22-7-9-26-10-8-22)11-16(17)21-18(23)13-28-19-20-14(2)12-27-19/h4-5,11-12H,3,6-10,13H2,1-2H3. The van der Waals surface area contributed by atoms with E-state index in [4.69, 9.17) is 9.72 Å². The Labute approximate surface area is 179 Å². The lowest BCUT2D eigenvalue weighted by molar-refractivity contribution is 0.0730. The molecule has 1 saturated heterocycles. The quantitative estimate of drug-likeness (QED) is 0.511. The normalized spacial score (nSPS) is 15.9. The lowest BCUT2D eigenvalue weighted by Gasteiger charge is -2.26. The molecule has 4 rings (SSSR count). The van der Waals surface area contributed by atoms with Crippen molar-refractivity contribution in [3.8, 4) is 0 Å². The molecule has 2 aromatic heterocycles. The largest absolute Gasteiger partial charge is 0.379 e. The third kappa shape index (κ3) is 4.36. The summed E-state index contributed by atoms with van der Waals surface area (Å²) in [5.41, 5.74) is 2.72. The number of morpholine rings is 1. The molecular formula is C19H24N4O3S3. The van der Waals surface area contributed by atoms with Crippen molar-refractivity contribution in [3.63, 3.8) is 0 Å². The number of imidazole rings is 1. The fraction of sp³-hybridized carbons (Fsp3) is 0.474. The van der Waals surface area contributed by atoms with Crippen LogP contribution < -0.4 is 0 Å². The van der Waals surface area contributed by atoms with Crippen molar-refractivity contribution in [2.45, 2.75) is 41.8 Å². The number of fused-ring (bicyclic) bond motifs is 1. The topological polar surface area (TPSA) is 77.3 Å². The Kier molecular flexibility index (Phi) is 6.26. The second kappa shape index (κ2) is 8.73. The van der Waals surface area contributed by atoms with Crippen molar-refractivity contribution >= 4 is 44.2 Å². The third-order valence-electron chi connectivity index (χ3n) is 4.78. The van der Waals surface area contributed by atoms with E-state index in [2.05, 4.69) is 16.5 Å². The van der Waals surface area contributed by atoms with Crippen molar-refractivity contribution in [2.75, 3.05) is 26.3 Å². The minimum atomic E-state index is -3.53. The lowest BCUT2D eigenvalue weighted by atomic mass is 10.3. The Morgan fingerprint density at radius 3 is 2.72 bits per heavy atom. The molecule has 156 valence electrons. The first kappa shape index (κ1) is 20.8. The molecule has 1 aromatic carbocycles. The van der Waals surface area contributed by atoms with E-state index >= 15 is 0 Å². The van der Waals surface area contributed by atoms with Crippen molar-refractivity contribution < 1.29 is 13.2 Å². The molecule has 1 aliphatic rings. The van der Waals surface area contributed by atoms with Gasteiger partial charge in [-0.05, 0) is 31.5 Å². The first-order valence-corrected chi connectivity index (χ1v) is 12.9. The average Bonchev–Trinajstić information content (AvgIpc) is 3.30. The van der Waals surface area contributed by atoms with Crippen LogP contribution in [0.3, 0.4) is 0 Å². The van der Waals surface area contributed by atoms with Crippen LogP contribution in [0.1, 0.15) is 24.9 Å². The second-order valence-electron chi connectivity index (χ2n) is 6.89. The number of sulfonamides is 1. The smallest absolute Gasteiger partial charge is 0.243 e. The number of benzene rings is 1. The monoisotopic (exact) mass is 452 g/mol. The molecule has 10 heteroatoms. The molecule has 0 saturated carbocycles. The Morgan fingerprint density at radius 2 is 2.03 bits per heavy atom. The summed E-state index contributed by atoms with van der Waals surface area (Å²) >= 11 is 3.30. The highest BCUT2D eigenvalue weighted by atomic mass is 32.2. The van der Waals surface area contributed by atoms with E-state index < -0.39 is 10.0 Å². The molecule has 1 aliphatic heterocycles. The fourth-order valence-electron chi connectivity index (χ4n) is 3.36. The van der Waals surface area contributed by atoms with E-state index in [1.54, 1.807) is 35.2 Å². The van der Waals surface area contributed by atoms with Crippen LogP contribution in [0.25, 0.3) is 11.0 Å². The van der Waals surface area contributed by atoms with Gasteiger partial charge in [-0.3, -0.25) is 0 Å². The van der Waals surface area contributed by atoms with Crippen LogP contribution in [0.2, 0.25) is 0 Å². The molecule has 3 heterocycles. The molecule has 0 aliphatic carbocycles. The van der Waals surface area contributed by atoms with E-state index in [1.807, 2.05) is 18.4 Å². The number of nitrogens with zero attached hydrogens (tertiary/aromatic N) is 4. The highest BCUT2D eigenvalue weighted by Crippen LogP contribution is 2.29. The van der Waals surface area contributed by atoms with Gasteiger partial charge in [-0.1, -0.05) is 18.7 Å². The number of aryl methyl sites for hydroxylation is 2. The van der Waals surface area contributed by atoms with Gasteiger partial charge in [0, 0.05) is 30.7 Å². The van der Waals surface area contributed by atoms with E-state index in [9.17, 15) is 8.42 Å². The van der Waals surface area contributed by atoms with Crippen LogP contribution in [0, 0.1) is 6.92 Å². The Hall–Kier alpha value is -1.46. The SMILES string of the molecule is CCCn1c(CSc2nc(C)cs2)nc2cc(S(=O)(=O)N3CCOCC3)ccc21. The molecule has 0 amide bonds. The van der Waals surface area contributed by atoms with Gasteiger partial charge in [-0.15, -0.1) is 11.3 Å². The minimum absolute atomic E-state index is 0.294. The number of hydrogen-bond acceptors (Lipinski definition) is 7. The van der Waals surface area contributed by atoms with Crippen LogP contribution >= 0.6 is 23.1 Å². The highest BCUT2D eigenvalue weighted by Gasteiger charge is 2.27. The molecule has 0 unspecified atom stereocenters. The summed E-state index contributed by atoms with van der Waals surface area (Å²) in [6.07, 6.45) is 0.979. The summed E-state index contributed by atoms with van der Waals surface area (Å²) in [7, 11) is -3.53. The minimum Gasteiger partial charge on any atom is -0.379 e. The van der Waals surface area contributed by atoms with E-state index in [0.29, 0.717) is 37.0 Å². The predicted molar refractivity (Wildman–Crippen MR) is 116 cm³/mol. The number of ether oxygens (including phenoxy) is 1. The third-order valence-corrected chi connectivity index (χ3v) is 8.81. The van der Waals surface area contributed by atoms with Gasteiger partial charge < -0.3 is 9.30 Å². The molecule has 0 radical (unpaired) electrons. The molecule has 3 aromatic rings. The maximum absolute atomic E-state index is 13.0. The number of thiazole rings is 1. The highest BCUT2D eigenvalue weighted by molar-refractivity contribution is 8.00.